The first kappa shape index (κ1) is 105. The fraction of sp³-hybridized carbons (Fsp3) is 0.243. The second-order valence-corrected chi connectivity index (χ2v) is 42.4. The summed E-state index contributed by atoms with van der Waals surface area (Å²) in [6.45, 7) is 23.7. The van der Waals surface area contributed by atoms with Gasteiger partial charge in [-0.25, -0.2) is 38.5 Å². The number of nitriles is 5. The van der Waals surface area contributed by atoms with Gasteiger partial charge in [-0.05, 0) is 221 Å². The van der Waals surface area contributed by atoms with Crippen molar-refractivity contribution in [1.29, 1.82) is 26.3 Å². The normalized spacial score (nSPS) is 11.3. The van der Waals surface area contributed by atoms with Crippen molar-refractivity contribution in [1.82, 2.24) is 28.2 Å². The summed E-state index contributed by atoms with van der Waals surface area (Å²) in [5.74, 6) is 1.97. The lowest BCUT2D eigenvalue weighted by atomic mass is 10.1. The Balaban J connectivity index is 0.000000165. The van der Waals surface area contributed by atoms with Crippen molar-refractivity contribution >= 4 is 193 Å². The quantitative estimate of drug-likeness (QED) is 0.0228. The van der Waals surface area contributed by atoms with E-state index in [2.05, 4.69) is 108 Å². The number of fused-ring (bicyclic) bond motifs is 5. The van der Waals surface area contributed by atoms with Gasteiger partial charge in [0.15, 0.2) is 0 Å². The number of hydrogen-bond acceptors (Lipinski definition) is 15. The molecule has 2 amide bonds. The fourth-order valence-electron chi connectivity index (χ4n) is 16.0. The predicted molar refractivity (Wildman–Crippen MR) is 564 cm³/mol. The van der Waals surface area contributed by atoms with E-state index in [1.54, 1.807) is 105 Å². The van der Waals surface area contributed by atoms with Crippen molar-refractivity contribution in [2.45, 2.75) is 107 Å². The van der Waals surface area contributed by atoms with E-state index in [9.17, 15) is 64.8 Å². The van der Waals surface area contributed by atoms with Gasteiger partial charge in [-0.2, -0.15) is 26.3 Å². The van der Waals surface area contributed by atoms with Crippen molar-refractivity contribution in [2.24, 2.45) is 11.8 Å². The Kier molecular flexibility index (Phi) is 35.5. The molecule has 0 aliphatic rings. The average molecular weight is 2030 g/mol. The topological polar surface area (TPSA) is 379 Å². The lowest BCUT2D eigenvalue weighted by Crippen LogP contribution is -2.29. The molecule has 6 N–H and O–H groups in total. The highest BCUT2D eigenvalue weighted by Crippen LogP contribution is 2.43. The van der Waals surface area contributed by atoms with Gasteiger partial charge in [-0.1, -0.05) is 148 Å². The highest BCUT2D eigenvalue weighted by Gasteiger charge is 2.27. The van der Waals surface area contributed by atoms with E-state index in [1.807, 2.05) is 157 Å². The summed E-state index contributed by atoms with van der Waals surface area (Å²) in [4.78, 5) is 11.8. The Morgan fingerprint density at radius 3 is 1.14 bits per heavy atom. The van der Waals surface area contributed by atoms with E-state index in [1.165, 1.54) is 0 Å². The van der Waals surface area contributed by atoms with Crippen molar-refractivity contribution in [3.8, 4) is 92.4 Å². The summed E-state index contributed by atoms with van der Waals surface area (Å²) in [5.41, 5.74) is 18.1. The summed E-state index contributed by atoms with van der Waals surface area (Å²) in [6.07, 6.45) is 7.05. The minimum Gasteiger partial charge on any atom is -0.497 e. The second-order valence-electron chi connectivity index (χ2n) is 32.9. The molecule has 0 bridgehead atoms. The Hall–Kier alpha value is -13.4. The number of aromatic nitrogens is 5. The van der Waals surface area contributed by atoms with Crippen LogP contribution in [0.3, 0.4) is 0 Å². The minimum absolute atomic E-state index is 0.0114. The average Bonchev–Trinajstić information content (AvgIpc) is 1.64. The van der Waals surface area contributed by atoms with E-state index in [0.29, 0.717) is 119 Å². The van der Waals surface area contributed by atoms with Gasteiger partial charge in [0.1, 0.15) is 36.1 Å². The minimum atomic E-state index is -3.48. The van der Waals surface area contributed by atoms with E-state index in [0.717, 1.165) is 157 Å². The number of halogens is 5. The van der Waals surface area contributed by atoms with Crippen LogP contribution in [0.5, 0.6) is 5.75 Å². The first-order valence-electron chi connectivity index (χ1n) is 44.0. The predicted octanol–water partition coefficient (Wildman–Crippen LogP) is 25.2. The Labute approximate surface area is 830 Å². The first-order chi connectivity index (χ1) is 65.8. The number of anilines is 5. The number of amides is 2. The molecule has 714 valence electrons. The fourth-order valence-corrected chi connectivity index (χ4v) is 19.8. The largest absolute Gasteiger partial charge is 0.497 e. The molecule has 0 saturated heterocycles. The van der Waals surface area contributed by atoms with Crippen LogP contribution in [0.2, 0.25) is 20.1 Å². The zero-order chi connectivity index (χ0) is 100. The third-order valence-electron chi connectivity index (χ3n) is 22.2. The summed E-state index contributed by atoms with van der Waals surface area (Å²) in [7, 11) is -11.9. The zero-order valence-corrected chi connectivity index (χ0v) is 84.8. The van der Waals surface area contributed by atoms with Gasteiger partial charge in [0.2, 0.25) is 40.1 Å². The molecular weight excluding hydrogens is 1930 g/mol. The van der Waals surface area contributed by atoms with Gasteiger partial charge < -0.3 is 38.2 Å². The maximum Gasteiger partial charge on any atom is 0.319 e. The van der Waals surface area contributed by atoms with E-state index < -0.39 is 40.1 Å². The number of benzene rings is 10. The molecule has 10 aromatic carbocycles. The van der Waals surface area contributed by atoms with Crippen LogP contribution in [0.4, 0.5) is 33.2 Å². The molecule has 0 fully saturated rings. The van der Waals surface area contributed by atoms with Crippen LogP contribution in [0.15, 0.2) is 219 Å². The Bertz CT molecular complexity index is 7780. The molecule has 0 spiro atoms. The number of nitrogens with one attached hydrogen (secondary N) is 6. The van der Waals surface area contributed by atoms with Crippen LogP contribution >= 0.6 is 58.0 Å². The summed E-state index contributed by atoms with van der Waals surface area (Å²) in [5, 5.41) is 61.0. The lowest BCUT2D eigenvalue weighted by Gasteiger charge is -2.14. The number of hydrogen-bond donors (Lipinski definition) is 6. The third-order valence-corrected chi connectivity index (χ3v) is 27.3. The number of carbonyl (C=O) groups is 1. The van der Waals surface area contributed by atoms with Gasteiger partial charge >= 0.3 is 6.03 Å². The Morgan fingerprint density at radius 2 is 0.783 bits per heavy atom. The highest BCUT2D eigenvalue weighted by molar-refractivity contribution is 7.93. The van der Waals surface area contributed by atoms with Crippen molar-refractivity contribution < 1.29 is 43.2 Å². The van der Waals surface area contributed by atoms with Crippen molar-refractivity contribution in [2.75, 3.05) is 67.8 Å². The van der Waals surface area contributed by atoms with Crippen LogP contribution < -0.4 is 34.3 Å². The first-order valence-corrected chi connectivity index (χ1v) is 53.2. The van der Waals surface area contributed by atoms with E-state index in [4.69, 9.17) is 62.7 Å². The number of aryl methyl sites for hydroxylation is 4. The number of nitrogens with zero attached hydrogens (tertiary/aromatic N) is 10. The number of rotatable bonds is 30. The molecule has 0 saturated carbocycles. The highest BCUT2D eigenvalue weighted by atomic mass is 35.5. The number of sulfonamides is 4. The van der Waals surface area contributed by atoms with Crippen LogP contribution in [0.25, 0.3) is 117 Å². The van der Waals surface area contributed by atoms with Crippen LogP contribution in [-0.2, 0) is 66.3 Å². The number of methoxy groups -OCH3 is 1. The molecule has 5 heterocycles. The molecule has 0 aliphatic carbocycles. The standard InChI is InChI=1S/C22H24ClN3O2S.C21H21ClN4O.C21H22ClN3O2S.C20H19Cl2N3O2S.C19H17N3O3S/c1-4-29(27,28)25-18-8-5-16(6-9-18)22-20(14-24)19-13-17(23)7-10-21(19)26(22)12-11-15(2)3;1-3-11-24-21(27)25-16-8-5-14(6-9-16)20-18(13-23)17-12-15(22)7-10-19(17)26(20)4-2;1-14(2)10-11-25-20-9-6-16(22)12-18(20)19(13-23)21(25)15-4-7-17(8-5-15)24-28(3,26)27;1-2-25-19-8-7-15(22)12-17(19)18(13-23)20(25)14-5-3-6-16(11-14)24-28(26,27)10-4-9-21;1-4-22-18-11-15(25-2)9-10-16(18)17(12-20)19(22)13-5-7-14(8-6-13)21-26(3,23)24/h5-10,13,15,25H,4,11-12H2,1-3H3;5-10,12H,3-4,11H2,1-2H3,(H2,24,25,27);4-9,12,14,24H,10-11H2,1-3H3;3,5-8,11-12,24H,2,4,9-10H2,1H3;4-11,21H,1H2,2-3H3. The SMILES string of the molecule is C=Cn1c(-c2ccc(NS(C)(=O)=O)cc2)c(C#N)c2ccc(OC)cc21.CC(C)CCn1c(-c2ccc(NS(C)(=O)=O)cc2)c(C#N)c2cc(Cl)ccc21.CCCNC(=O)Nc1ccc(-c2c(C#N)c3cc(Cl)ccc3n2CC)cc1.CCS(=O)(=O)Nc1ccc(-c2c(C#N)c3cc(Cl)ccc3n2CCC(C)C)cc1.CCn1c(-c2cccc(NS(=O)(=O)CCCCl)c2)c(C#N)c2cc(Cl)ccc21. The van der Waals surface area contributed by atoms with Gasteiger partial charge in [0, 0.05) is 160 Å². The van der Waals surface area contributed by atoms with Gasteiger partial charge in [-0.3, -0.25) is 18.9 Å². The molecule has 35 heteroatoms. The van der Waals surface area contributed by atoms with E-state index >= 15 is 0 Å². The van der Waals surface area contributed by atoms with E-state index in [-0.39, 0.29) is 23.4 Å². The van der Waals surface area contributed by atoms with Crippen molar-refractivity contribution in [3.63, 3.8) is 0 Å². The molecule has 0 atom stereocenters. The number of ether oxygens (including phenoxy) is 1. The second kappa shape index (κ2) is 46.6. The molecule has 0 unspecified atom stereocenters. The van der Waals surface area contributed by atoms with Crippen LogP contribution in [-0.4, -0.2) is 106 Å². The molecule has 15 aromatic rings. The summed E-state index contributed by atoms with van der Waals surface area (Å²) < 4.78 is 119. The molecule has 15 rings (SSSR count). The lowest BCUT2D eigenvalue weighted by molar-refractivity contribution is 0.252. The van der Waals surface area contributed by atoms with Crippen LogP contribution in [0.1, 0.15) is 109 Å². The molecule has 138 heavy (non-hydrogen) atoms. The summed E-state index contributed by atoms with van der Waals surface area (Å²) in [6, 6.07) is 74.7. The maximum absolute atomic E-state index is 12.2. The van der Waals surface area contributed by atoms with Gasteiger partial charge in [0.25, 0.3) is 0 Å². The number of urea groups is 1. The number of alkyl halides is 1. The van der Waals surface area contributed by atoms with Crippen molar-refractivity contribution in [3.05, 3.63) is 267 Å². The van der Waals surface area contributed by atoms with Gasteiger partial charge in [-0.15, -0.1) is 11.6 Å². The number of carbonyl (C=O) groups excluding carboxylic acids is 1. The molecular formula is C103H103Cl5N16O10S4. The smallest absolute Gasteiger partial charge is 0.319 e. The van der Waals surface area contributed by atoms with Gasteiger partial charge in [0.05, 0.1) is 92.9 Å². The Morgan fingerprint density at radius 1 is 0.420 bits per heavy atom. The molecule has 0 aliphatic heterocycles. The maximum atomic E-state index is 12.2. The molecule has 5 aromatic heterocycles. The monoisotopic (exact) mass is 2030 g/mol. The third kappa shape index (κ3) is 25.7. The summed E-state index contributed by atoms with van der Waals surface area (Å²) >= 11 is 30.2. The van der Waals surface area contributed by atoms with Crippen LogP contribution in [0, 0.1) is 68.5 Å². The zero-order valence-electron chi connectivity index (χ0n) is 77.7. The molecule has 26 nitrogen and oxygen atoms in total. The molecule has 0 radical (unpaired) electrons.